The van der Waals surface area contributed by atoms with E-state index in [0.717, 1.165) is 33.4 Å². The fourth-order valence-corrected chi connectivity index (χ4v) is 15.9. The normalized spacial score (nSPS) is 28.4. The molecule has 7 amide bonds. The van der Waals surface area contributed by atoms with Crippen molar-refractivity contribution in [1.82, 2.24) is 47.0 Å². The van der Waals surface area contributed by atoms with E-state index in [1.807, 2.05) is 100 Å². The van der Waals surface area contributed by atoms with Gasteiger partial charge >= 0.3 is 0 Å². The third-order valence-electron chi connectivity index (χ3n) is 17.3. The molecule has 0 bridgehead atoms. The number of hydrogen-bond acceptors (Lipinski definition) is 12. The minimum atomic E-state index is -0.817. The van der Waals surface area contributed by atoms with Crippen molar-refractivity contribution in [1.29, 1.82) is 0 Å². The van der Waals surface area contributed by atoms with Crippen molar-refractivity contribution in [2.24, 2.45) is 22.7 Å². The molecule has 12 atom stereocenters. The van der Waals surface area contributed by atoms with E-state index < -0.39 is 71.0 Å². The molecule has 0 spiro atoms. The van der Waals surface area contributed by atoms with Gasteiger partial charge in [0.25, 0.3) is 0 Å². The topological polar surface area (TPSA) is 227 Å². The van der Waals surface area contributed by atoms with Crippen molar-refractivity contribution in [3.63, 3.8) is 0 Å². The maximum absolute atomic E-state index is 14.7. The standard InChI is InChI=1S/C59H77N9O8S2/c1-32(60-7)51(70)63-42-23-25-77-45-29-58(3,4)49(67(45)56(42)75)54(73)65-47-38-15-11-9-13-36(38)27-40(47)44(69)22-21-34-17-19-35(20-18-34)31-62-53(72)41-28-37-14-10-12-16-39(37)48(41)66-55(74)50-59(5,6)30-46-68(50)57(76)43(24-26-78-46)64-52(71)33(2)61-8/h9-20,32-33,40-43,45-50,60-61H,21-31H2,1-8H3,(H,62,72)(H,63,70)(H,64,71)(H,65,73)(H,66,74)/t32-,33-,40-,41+,42-,43-,45-,46-,47?,48-,49+,50+/m0/s1. The Hall–Kier alpha value is -5.76. The summed E-state index contributed by atoms with van der Waals surface area (Å²) in [5.74, 6) is -1.69. The minimum absolute atomic E-state index is 0.0270. The lowest BCUT2D eigenvalue weighted by molar-refractivity contribution is -0.144. The van der Waals surface area contributed by atoms with Crippen LogP contribution in [0.4, 0.5) is 0 Å². The molecule has 1 unspecified atom stereocenters. The Morgan fingerprint density at radius 2 is 1.03 bits per heavy atom. The molecule has 418 valence electrons. The molecule has 0 radical (unpaired) electrons. The number of Topliss-reactive ketones (excluding diaryl/α,β-unsaturated/α-hetero) is 1. The SMILES string of the molecule is CN[C@@H](C)C(=O)N[C@H]1CCS[C@H]2CC(C)(C)[C@@H](C(=O)NC3c4ccccc4C[C@H]3C(=O)CCc3ccc(CNC(=O)[C@@H]4Cc5ccccc5[C@@H]4NC(=O)[C@H]4N5C(=O)[C@@H](NC(=O)[C@H](C)NC)CCS[C@H]5CC4(C)C)cc3)N2C1=O. The van der Waals surface area contributed by atoms with Crippen LogP contribution in [-0.4, -0.2) is 130 Å². The summed E-state index contributed by atoms with van der Waals surface area (Å²) in [6, 6.07) is 18.1. The Labute approximate surface area is 466 Å². The summed E-state index contributed by atoms with van der Waals surface area (Å²) in [6.45, 7) is 11.7. The minimum Gasteiger partial charge on any atom is -0.352 e. The summed E-state index contributed by atoms with van der Waals surface area (Å²) in [4.78, 5) is 116. The van der Waals surface area contributed by atoms with Gasteiger partial charge in [-0.05, 0) is 129 Å². The van der Waals surface area contributed by atoms with Crippen LogP contribution in [0.15, 0.2) is 72.8 Å². The number of likely N-dealkylation sites (N-methyl/N-ethyl adjacent to an activating group) is 2. The number of nitrogens with one attached hydrogen (secondary N) is 7. The van der Waals surface area contributed by atoms with Crippen molar-refractivity contribution >= 4 is 70.7 Å². The Morgan fingerprint density at radius 1 is 0.590 bits per heavy atom. The van der Waals surface area contributed by atoms with Crippen LogP contribution in [0.3, 0.4) is 0 Å². The highest BCUT2D eigenvalue weighted by Gasteiger charge is 2.57. The number of amides is 7. The number of nitrogens with zero attached hydrogens (tertiary/aromatic N) is 2. The predicted molar refractivity (Wildman–Crippen MR) is 301 cm³/mol. The van der Waals surface area contributed by atoms with Gasteiger partial charge in [-0.25, -0.2) is 0 Å². The number of carbonyl (C=O) groups is 8. The van der Waals surface area contributed by atoms with Crippen LogP contribution < -0.4 is 37.2 Å². The average molecular weight is 1100 g/mol. The maximum Gasteiger partial charge on any atom is 0.246 e. The molecule has 78 heavy (non-hydrogen) atoms. The second kappa shape index (κ2) is 23.5. The molecule has 4 fully saturated rings. The molecule has 0 aromatic heterocycles. The average Bonchev–Trinajstić information content (AvgIpc) is 4.19. The highest BCUT2D eigenvalue weighted by Crippen LogP contribution is 2.49. The van der Waals surface area contributed by atoms with Gasteiger partial charge in [0.15, 0.2) is 0 Å². The highest BCUT2D eigenvalue weighted by molar-refractivity contribution is 8.00. The summed E-state index contributed by atoms with van der Waals surface area (Å²) in [5, 5.41) is 20.9. The van der Waals surface area contributed by atoms with Gasteiger partial charge in [-0.2, -0.15) is 0 Å². The van der Waals surface area contributed by atoms with E-state index in [1.54, 1.807) is 61.3 Å². The van der Waals surface area contributed by atoms with Crippen LogP contribution in [0.5, 0.6) is 0 Å². The van der Waals surface area contributed by atoms with Crippen LogP contribution >= 0.6 is 23.5 Å². The van der Waals surface area contributed by atoms with E-state index in [1.165, 1.54) is 0 Å². The van der Waals surface area contributed by atoms with Crippen molar-refractivity contribution in [3.05, 3.63) is 106 Å². The highest BCUT2D eigenvalue weighted by atomic mass is 32.2. The third kappa shape index (κ3) is 11.6. The fourth-order valence-electron chi connectivity index (χ4n) is 12.7. The molecule has 4 aliphatic heterocycles. The van der Waals surface area contributed by atoms with Gasteiger partial charge in [0, 0.05) is 18.9 Å². The van der Waals surface area contributed by atoms with Gasteiger partial charge in [0.05, 0.1) is 40.8 Å². The second-order valence-electron chi connectivity index (χ2n) is 23.5. The number of thioether (sulfide) groups is 2. The number of ketones is 1. The van der Waals surface area contributed by atoms with Crippen molar-refractivity contribution in [3.8, 4) is 0 Å². The molecule has 6 aliphatic rings. The van der Waals surface area contributed by atoms with E-state index in [0.29, 0.717) is 56.5 Å². The van der Waals surface area contributed by atoms with Crippen LogP contribution in [0, 0.1) is 22.7 Å². The first-order valence-electron chi connectivity index (χ1n) is 27.7. The predicted octanol–water partition coefficient (Wildman–Crippen LogP) is 4.23. The summed E-state index contributed by atoms with van der Waals surface area (Å²) in [7, 11) is 3.38. The number of rotatable bonds is 17. The van der Waals surface area contributed by atoms with E-state index in [-0.39, 0.29) is 70.8 Å². The number of aryl methyl sites for hydroxylation is 1. The number of hydrogen-bond donors (Lipinski definition) is 7. The Bertz CT molecular complexity index is 2620. The zero-order valence-electron chi connectivity index (χ0n) is 46.1. The van der Waals surface area contributed by atoms with E-state index in [2.05, 4.69) is 37.2 Å². The fraction of sp³-hybridized carbons (Fsp3) is 0.559. The van der Waals surface area contributed by atoms with Gasteiger partial charge in [-0.3, -0.25) is 38.4 Å². The van der Waals surface area contributed by atoms with Crippen molar-refractivity contribution < 1.29 is 38.4 Å². The van der Waals surface area contributed by atoms with Crippen LogP contribution in [0.2, 0.25) is 0 Å². The van der Waals surface area contributed by atoms with Gasteiger partial charge in [0.2, 0.25) is 41.4 Å². The Morgan fingerprint density at radius 3 is 1.50 bits per heavy atom. The molecule has 19 heteroatoms. The van der Waals surface area contributed by atoms with Crippen LogP contribution in [0.1, 0.15) is 119 Å². The lowest BCUT2D eigenvalue weighted by Gasteiger charge is -2.35. The first-order chi connectivity index (χ1) is 37.2. The smallest absolute Gasteiger partial charge is 0.246 e. The Kier molecular flexibility index (Phi) is 17.2. The quantitative estimate of drug-likeness (QED) is 0.101. The van der Waals surface area contributed by atoms with Gasteiger partial charge in [-0.1, -0.05) is 100 Å². The van der Waals surface area contributed by atoms with E-state index in [9.17, 15) is 38.4 Å². The maximum atomic E-state index is 14.7. The second-order valence-corrected chi connectivity index (χ2v) is 26.1. The Balaban J connectivity index is 0.823. The molecular formula is C59H77N9O8S2. The summed E-state index contributed by atoms with van der Waals surface area (Å²) >= 11 is 3.27. The molecule has 4 heterocycles. The van der Waals surface area contributed by atoms with Gasteiger partial charge in [0.1, 0.15) is 30.0 Å². The largest absolute Gasteiger partial charge is 0.352 e. The van der Waals surface area contributed by atoms with E-state index >= 15 is 0 Å². The number of benzene rings is 3. The van der Waals surface area contributed by atoms with E-state index in [4.69, 9.17) is 0 Å². The molecule has 2 aliphatic carbocycles. The van der Waals surface area contributed by atoms with Crippen LogP contribution in [0.25, 0.3) is 0 Å². The van der Waals surface area contributed by atoms with Crippen molar-refractivity contribution in [2.75, 3.05) is 25.6 Å². The molecule has 17 nitrogen and oxygen atoms in total. The number of fused-ring (bicyclic) bond motifs is 4. The molecule has 7 N–H and O–H groups in total. The van der Waals surface area contributed by atoms with Crippen molar-refractivity contribution in [2.45, 2.75) is 159 Å². The first kappa shape index (κ1) is 56.9. The number of carbonyl (C=O) groups excluding carboxylic acids is 8. The monoisotopic (exact) mass is 1100 g/mol. The molecule has 4 saturated heterocycles. The summed E-state index contributed by atoms with van der Waals surface area (Å²) < 4.78 is 0. The zero-order chi connectivity index (χ0) is 55.8. The molecule has 9 rings (SSSR count). The van der Waals surface area contributed by atoms with Gasteiger partial charge in [-0.15, -0.1) is 23.5 Å². The third-order valence-corrected chi connectivity index (χ3v) is 19.8. The zero-order valence-corrected chi connectivity index (χ0v) is 47.7. The molecule has 3 aromatic carbocycles. The molecule has 0 saturated carbocycles. The summed E-state index contributed by atoms with van der Waals surface area (Å²) in [5.41, 5.74) is 4.41. The summed E-state index contributed by atoms with van der Waals surface area (Å²) in [6.07, 6.45) is 3.78. The lowest BCUT2D eigenvalue weighted by atomic mass is 9.83. The lowest BCUT2D eigenvalue weighted by Crippen LogP contribution is -2.58. The molecule has 3 aromatic rings. The first-order valence-corrected chi connectivity index (χ1v) is 29.8. The van der Waals surface area contributed by atoms with Crippen LogP contribution in [-0.2, 0) is 64.2 Å². The molecular weight excluding hydrogens is 1030 g/mol. The van der Waals surface area contributed by atoms with Gasteiger partial charge < -0.3 is 47.0 Å².